The Kier molecular flexibility index (Phi) is 5.03. The molecule has 0 radical (unpaired) electrons. The lowest BCUT2D eigenvalue weighted by molar-refractivity contribution is 0.151. The van der Waals surface area contributed by atoms with E-state index in [4.69, 9.17) is 0 Å². The summed E-state index contributed by atoms with van der Waals surface area (Å²) in [5, 5.41) is 9.83. The summed E-state index contributed by atoms with van der Waals surface area (Å²) in [6.07, 6.45) is 9.91. The predicted molar refractivity (Wildman–Crippen MR) is 89.5 cm³/mol. The number of halogens is 1. The van der Waals surface area contributed by atoms with Crippen LogP contribution in [0.5, 0.6) is 0 Å². The average Bonchev–Trinajstić information content (AvgIpc) is 2.88. The molecular weight excluding hydrogens is 326 g/mol. The highest BCUT2D eigenvalue weighted by Crippen LogP contribution is 2.45. The summed E-state index contributed by atoms with van der Waals surface area (Å²) in [6.45, 7) is 5.60. The van der Waals surface area contributed by atoms with E-state index < -0.39 is 0 Å². The molecule has 2 fully saturated rings. The van der Waals surface area contributed by atoms with Gasteiger partial charge in [-0.15, -0.1) is 10.2 Å². The Labute approximate surface area is 137 Å². The zero-order chi connectivity index (χ0) is 14.8. The molecule has 4 heteroatoms. The molecule has 1 aromatic heterocycles. The van der Waals surface area contributed by atoms with Gasteiger partial charge in [0.15, 0.2) is 0 Å². The molecule has 0 amide bonds. The van der Waals surface area contributed by atoms with Crippen LogP contribution in [0, 0.1) is 17.8 Å². The largest absolute Gasteiger partial charge is 0.314 e. The molecule has 21 heavy (non-hydrogen) atoms. The molecule has 2 aliphatic carbocycles. The minimum atomic E-state index is 0.642. The van der Waals surface area contributed by atoms with Gasteiger partial charge in [0.2, 0.25) is 0 Å². The van der Waals surface area contributed by atoms with Gasteiger partial charge >= 0.3 is 0 Å². The van der Waals surface area contributed by atoms with Crippen molar-refractivity contribution in [2.75, 3.05) is 0 Å². The molecule has 3 nitrogen and oxygen atoms in total. The van der Waals surface area contributed by atoms with Crippen LogP contribution in [0.15, 0.2) is 0 Å². The molecule has 0 aromatic carbocycles. The van der Waals surface area contributed by atoms with E-state index in [1.165, 1.54) is 50.8 Å². The molecule has 0 saturated heterocycles. The first kappa shape index (κ1) is 15.5. The first-order valence-electron chi connectivity index (χ1n) is 8.67. The van der Waals surface area contributed by atoms with E-state index in [1.54, 1.807) is 0 Å². The van der Waals surface area contributed by atoms with Gasteiger partial charge in [-0.3, -0.25) is 0 Å². The smallest absolute Gasteiger partial charge is 0.143 e. The van der Waals surface area contributed by atoms with E-state index in [0.29, 0.717) is 11.8 Å². The van der Waals surface area contributed by atoms with Crippen LogP contribution in [0.1, 0.15) is 76.4 Å². The molecule has 0 spiro atoms. The van der Waals surface area contributed by atoms with E-state index in [2.05, 4.69) is 44.5 Å². The lowest BCUT2D eigenvalue weighted by Gasteiger charge is -2.39. The summed E-state index contributed by atoms with van der Waals surface area (Å²) in [6, 6.07) is 0. The highest BCUT2D eigenvalue weighted by molar-refractivity contribution is 9.08. The summed E-state index contributed by atoms with van der Waals surface area (Å²) in [5.41, 5.74) is 0. The Morgan fingerprint density at radius 1 is 1.10 bits per heavy atom. The van der Waals surface area contributed by atoms with Gasteiger partial charge in [-0.1, -0.05) is 55.5 Å². The Morgan fingerprint density at radius 2 is 1.86 bits per heavy atom. The number of rotatable bonds is 4. The topological polar surface area (TPSA) is 30.7 Å². The van der Waals surface area contributed by atoms with Crippen molar-refractivity contribution in [2.24, 2.45) is 17.8 Å². The second kappa shape index (κ2) is 6.80. The van der Waals surface area contributed by atoms with Gasteiger partial charge in [-0.2, -0.15) is 0 Å². The predicted octanol–water partition coefficient (Wildman–Crippen LogP) is 4.90. The van der Waals surface area contributed by atoms with Gasteiger partial charge in [0.05, 0.1) is 5.33 Å². The minimum absolute atomic E-state index is 0.642. The molecule has 0 N–H and O–H groups in total. The van der Waals surface area contributed by atoms with E-state index in [1.807, 2.05) is 0 Å². The van der Waals surface area contributed by atoms with E-state index in [-0.39, 0.29) is 0 Å². The molecule has 0 aliphatic heterocycles. The van der Waals surface area contributed by atoms with Crippen LogP contribution < -0.4 is 0 Å². The van der Waals surface area contributed by atoms with Crippen LogP contribution in [-0.4, -0.2) is 14.8 Å². The van der Waals surface area contributed by atoms with Gasteiger partial charge < -0.3 is 4.57 Å². The van der Waals surface area contributed by atoms with E-state index in [9.17, 15) is 0 Å². The number of hydrogen-bond donors (Lipinski definition) is 0. The molecule has 3 unspecified atom stereocenters. The number of nitrogens with zero attached hydrogens (tertiary/aromatic N) is 3. The van der Waals surface area contributed by atoms with Crippen LogP contribution in [0.25, 0.3) is 0 Å². The highest BCUT2D eigenvalue weighted by atomic mass is 79.9. The Bertz CT molecular complexity index is 469. The van der Waals surface area contributed by atoms with Crippen molar-refractivity contribution in [1.82, 2.24) is 14.8 Å². The maximum atomic E-state index is 4.58. The van der Waals surface area contributed by atoms with Gasteiger partial charge in [0.1, 0.15) is 11.6 Å². The van der Waals surface area contributed by atoms with Crippen LogP contribution in [0.2, 0.25) is 0 Å². The summed E-state index contributed by atoms with van der Waals surface area (Å²) in [4.78, 5) is 0. The van der Waals surface area contributed by atoms with Crippen LogP contribution in [-0.2, 0) is 11.9 Å². The Balaban J connectivity index is 1.78. The molecule has 3 rings (SSSR count). The van der Waals surface area contributed by atoms with Crippen LogP contribution in [0.4, 0.5) is 0 Å². The van der Waals surface area contributed by atoms with Crippen molar-refractivity contribution < 1.29 is 0 Å². The van der Waals surface area contributed by atoms with Crippen LogP contribution in [0.3, 0.4) is 0 Å². The lowest BCUT2D eigenvalue weighted by atomic mass is 9.67. The first-order valence-corrected chi connectivity index (χ1v) is 9.79. The fourth-order valence-electron chi connectivity index (χ4n) is 4.42. The zero-order valence-corrected chi connectivity index (χ0v) is 15.0. The standard InChI is InChI=1S/C17H28BrN3/c1-12(2)11-21-16(10-18)19-20-17(21)15-8-7-13-5-3-4-6-14(13)9-15/h12-15H,3-11H2,1-2H3. The van der Waals surface area contributed by atoms with Crippen molar-refractivity contribution in [3.05, 3.63) is 11.6 Å². The van der Waals surface area contributed by atoms with Crippen molar-refractivity contribution >= 4 is 15.9 Å². The van der Waals surface area contributed by atoms with Crippen molar-refractivity contribution in [1.29, 1.82) is 0 Å². The molecule has 0 bridgehead atoms. The Hall–Kier alpha value is -0.380. The number of alkyl halides is 1. The molecule has 118 valence electrons. The maximum Gasteiger partial charge on any atom is 0.143 e. The second-order valence-corrected chi connectivity index (χ2v) is 7.99. The summed E-state index contributed by atoms with van der Waals surface area (Å²) in [5.74, 6) is 5.61. The van der Waals surface area contributed by atoms with Crippen molar-refractivity contribution in [3.63, 3.8) is 0 Å². The minimum Gasteiger partial charge on any atom is -0.314 e. The molecule has 1 aromatic rings. The number of hydrogen-bond acceptors (Lipinski definition) is 2. The fourth-order valence-corrected chi connectivity index (χ4v) is 4.84. The zero-order valence-electron chi connectivity index (χ0n) is 13.4. The summed E-state index contributed by atoms with van der Waals surface area (Å²) in [7, 11) is 0. The van der Waals surface area contributed by atoms with Gasteiger partial charge in [0, 0.05) is 12.5 Å². The molecule has 1 heterocycles. The molecule has 2 aliphatic rings. The third-order valence-electron chi connectivity index (χ3n) is 5.43. The van der Waals surface area contributed by atoms with Crippen LogP contribution >= 0.6 is 15.9 Å². The fraction of sp³-hybridized carbons (Fsp3) is 0.882. The summed E-state index contributed by atoms with van der Waals surface area (Å²) < 4.78 is 2.40. The van der Waals surface area contributed by atoms with Gasteiger partial charge in [-0.25, -0.2) is 0 Å². The third kappa shape index (κ3) is 3.35. The molecular formula is C17H28BrN3. The Morgan fingerprint density at radius 3 is 2.57 bits per heavy atom. The summed E-state index contributed by atoms with van der Waals surface area (Å²) >= 11 is 3.57. The molecule has 3 atom stereocenters. The quantitative estimate of drug-likeness (QED) is 0.720. The normalized spacial score (nSPS) is 29.6. The van der Waals surface area contributed by atoms with E-state index in [0.717, 1.165) is 29.5 Å². The first-order chi connectivity index (χ1) is 10.2. The number of fused-ring (bicyclic) bond motifs is 1. The second-order valence-electron chi connectivity index (χ2n) is 7.43. The maximum absolute atomic E-state index is 4.58. The average molecular weight is 354 g/mol. The van der Waals surface area contributed by atoms with Gasteiger partial charge in [0.25, 0.3) is 0 Å². The SMILES string of the molecule is CC(C)Cn1c(CBr)nnc1C1CCC2CCCCC2C1. The number of aromatic nitrogens is 3. The third-order valence-corrected chi connectivity index (χ3v) is 5.93. The lowest BCUT2D eigenvalue weighted by Crippen LogP contribution is -2.28. The monoisotopic (exact) mass is 353 g/mol. The van der Waals surface area contributed by atoms with Crippen molar-refractivity contribution in [3.8, 4) is 0 Å². The van der Waals surface area contributed by atoms with Crippen molar-refractivity contribution in [2.45, 2.75) is 76.6 Å². The van der Waals surface area contributed by atoms with Gasteiger partial charge in [-0.05, 0) is 37.0 Å². The molecule has 2 saturated carbocycles. The highest BCUT2D eigenvalue weighted by Gasteiger charge is 2.35. The van der Waals surface area contributed by atoms with E-state index >= 15 is 0 Å².